The lowest BCUT2D eigenvalue weighted by Crippen LogP contribution is -2.42. The zero-order chi connectivity index (χ0) is 23.3. The molecule has 1 aliphatic rings. The maximum Gasteiger partial charge on any atom is 0.264 e. The van der Waals surface area contributed by atoms with E-state index in [0.29, 0.717) is 11.8 Å². The zero-order valence-corrected chi connectivity index (χ0v) is 20.9. The first-order valence-corrected chi connectivity index (χ1v) is 12.5. The Bertz CT molecular complexity index is 1310. The SMILES string of the molecule is Cc1cc(-c2[nH]c3cc(C(=O)N4CCCC(CN(C)C)C4)sc3c2C(C)C)cn2ncnc12. The molecule has 33 heavy (non-hydrogen) atoms. The molecule has 1 amide bonds. The van der Waals surface area contributed by atoms with Gasteiger partial charge >= 0.3 is 0 Å². The smallest absolute Gasteiger partial charge is 0.264 e. The molecule has 0 aliphatic carbocycles. The fraction of sp³-hybridized carbons (Fsp3) is 0.480. The van der Waals surface area contributed by atoms with Crippen molar-refractivity contribution in [2.75, 3.05) is 33.7 Å². The maximum atomic E-state index is 13.4. The van der Waals surface area contributed by atoms with Crippen molar-refractivity contribution < 1.29 is 4.79 Å². The van der Waals surface area contributed by atoms with Gasteiger partial charge in [-0.3, -0.25) is 4.79 Å². The maximum absolute atomic E-state index is 13.4. The molecule has 0 spiro atoms. The van der Waals surface area contributed by atoms with Crippen LogP contribution in [0.2, 0.25) is 0 Å². The van der Waals surface area contributed by atoms with E-state index in [9.17, 15) is 4.79 Å². The molecule has 0 bridgehead atoms. The third-order valence-electron chi connectivity index (χ3n) is 6.57. The van der Waals surface area contributed by atoms with Gasteiger partial charge in [0.2, 0.25) is 0 Å². The number of carbonyl (C=O) groups excluding carboxylic acids is 1. The summed E-state index contributed by atoms with van der Waals surface area (Å²) in [4.78, 5) is 26.5. The number of aromatic nitrogens is 4. The van der Waals surface area contributed by atoms with Gasteiger partial charge in [0.05, 0.1) is 20.8 Å². The van der Waals surface area contributed by atoms with Crippen LogP contribution in [0.25, 0.3) is 27.1 Å². The molecular formula is C25H32N6OS. The first-order chi connectivity index (χ1) is 15.8. The molecule has 8 heteroatoms. The third-order valence-corrected chi connectivity index (χ3v) is 7.73. The summed E-state index contributed by atoms with van der Waals surface area (Å²) in [6.45, 7) is 9.23. The van der Waals surface area contributed by atoms with Crippen molar-refractivity contribution in [2.45, 2.75) is 39.5 Å². The van der Waals surface area contributed by atoms with E-state index in [2.05, 4.69) is 65.8 Å². The van der Waals surface area contributed by atoms with Crippen LogP contribution in [-0.2, 0) is 0 Å². The molecule has 1 unspecified atom stereocenters. The van der Waals surface area contributed by atoms with Crippen molar-refractivity contribution in [3.05, 3.63) is 40.7 Å². The number of likely N-dealkylation sites (tertiary alicyclic amines) is 1. The summed E-state index contributed by atoms with van der Waals surface area (Å²) in [6, 6.07) is 4.21. The first-order valence-electron chi connectivity index (χ1n) is 11.7. The van der Waals surface area contributed by atoms with Crippen LogP contribution in [0.4, 0.5) is 0 Å². The molecule has 1 saturated heterocycles. The topological polar surface area (TPSA) is 69.5 Å². The number of fused-ring (bicyclic) bond motifs is 2. The summed E-state index contributed by atoms with van der Waals surface area (Å²) >= 11 is 1.63. The van der Waals surface area contributed by atoms with Gasteiger partial charge in [0.25, 0.3) is 5.91 Å². The summed E-state index contributed by atoms with van der Waals surface area (Å²) in [5.41, 5.74) is 6.46. The number of H-pyrrole nitrogens is 1. The molecule has 7 nitrogen and oxygen atoms in total. The second kappa shape index (κ2) is 8.57. The number of rotatable bonds is 5. The Labute approximate surface area is 198 Å². The number of pyridine rings is 1. The molecule has 4 aromatic rings. The Morgan fingerprint density at radius 3 is 2.91 bits per heavy atom. The molecule has 1 N–H and O–H groups in total. The average molecular weight is 465 g/mol. The molecule has 4 aromatic heterocycles. The zero-order valence-electron chi connectivity index (χ0n) is 20.1. The highest BCUT2D eigenvalue weighted by molar-refractivity contribution is 7.21. The molecule has 5 heterocycles. The summed E-state index contributed by atoms with van der Waals surface area (Å²) in [5.74, 6) is 1.04. The van der Waals surface area contributed by atoms with Gasteiger partial charge in [-0.1, -0.05) is 13.8 Å². The number of hydrogen-bond acceptors (Lipinski definition) is 5. The molecule has 5 rings (SSSR count). The minimum absolute atomic E-state index is 0.171. The second-order valence-corrected chi connectivity index (χ2v) is 10.9. The molecule has 0 saturated carbocycles. The highest BCUT2D eigenvalue weighted by Gasteiger charge is 2.27. The van der Waals surface area contributed by atoms with Gasteiger partial charge in [-0.2, -0.15) is 5.10 Å². The van der Waals surface area contributed by atoms with Crippen molar-refractivity contribution in [1.82, 2.24) is 29.4 Å². The lowest BCUT2D eigenvalue weighted by Gasteiger charge is -2.33. The number of nitrogens with zero attached hydrogens (tertiary/aromatic N) is 5. The summed E-state index contributed by atoms with van der Waals surface area (Å²) in [6.07, 6.45) is 5.90. The Balaban J connectivity index is 1.49. The molecule has 1 atom stereocenters. The fourth-order valence-electron chi connectivity index (χ4n) is 5.18. The van der Waals surface area contributed by atoms with Crippen molar-refractivity contribution >= 4 is 33.1 Å². The number of thiophene rings is 1. The van der Waals surface area contributed by atoms with E-state index in [0.717, 1.165) is 58.9 Å². The van der Waals surface area contributed by atoms with E-state index in [4.69, 9.17) is 0 Å². The van der Waals surface area contributed by atoms with E-state index in [1.54, 1.807) is 17.7 Å². The quantitative estimate of drug-likeness (QED) is 0.461. The van der Waals surface area contributed by atoms with Crippen molar-refractivity contribution in [3.63, 3.8) is 0 Å². The Morgan fingerprint density at radius 1 is 1.33 bits per heavy atom. The number of aryl methyl sites for hydroxylation is 1. The monoisotopic (exact) mass is 464 g/mol. The Kier molecular flexibility index (Phi) is 5.74. The summed E-state index contributed by atoms with van der Waals surface area (Å²) < 4.78 is 3.01. The molecule has 1 aliphatic heterocycles. The van der Waals surface area contributed by atoms with Crippen LogP contribution in [-0.4, -0.2) is 69.0 Å². The molecule has 1 fully saturated rings. The number of nitrogens with one attached hydrogen (secondary N) is 1. The van der Waals surface area contributed by atoms with Crippen molar-refractivity contribution in [2.24, 2.45) is 5.92 Å². The molecular weight excluding hydrogens is 432 g/mol. The third kappa shape index (κ3) is 4.06. The lowest BCUT2D eigenvalue weighted by molar-refractivity contribution is 0.0660. The number of carbonyl (C=O) groups is 1. The van der Waals surface area contributed by atoms with Crippen LogP contribution < -0.4 is 0 Å². The Hall–Kier alpha value is -2.71. The van der Waals surface area contributed by atoms with Crippen molar-refractivity contribution in [1.29, 1.82) is 0 Å². The van der Waals surface area contributed by atoms with E-state index >= 15 is 0 Å². The van der Waals surface area contributed by atoms with E-state index in [1.165, 1.54) is 16.7 Å². The largest absolute Gasteiger partial charge is 0.354 e. The number of amides is 1. The lowest BCUT2D eigenvalue weighted by atomic mass is 9.97. The predicted octanol–water partition coefficient (Wildman–Crippen LogP) is 4.78. The van der Waals surface area contributed by atoms with Gasteiger partial charge in [-0.25, -0.2) is 9.50 Å². The minimum atomic E-state index is 0.171. The standard InChI is InChI=1S/C25H32N6OS/c1-15(2)21-22(18-9-16(3)24-26-14-27-31(24)13-18)28-19-10-20(33-23(19)21)25(32)30-8-6-7-17(12-30)11-29(4)5/h9-10,13-15,17,28H,6-8,11-12H2,1-5H3. The second-order valence-electron chi connectivity index (χ2n) is 9.88. The fourth-order valence-corrected chi connectivity index (χ4v) is 6.47. The van der Waals surface area contributed by atoms with Crippen LogP contribution in [0.15, 0.2) is 24.7 Å². The molecule has 0 aromatic carbocycles. The van der Waals surface area contributed by atoms with Crippen LogP contribution in [0.1, 0.15) is 53.4 Å². The van der Waals surface area contributed by atoms with Gasteiger partial charge in [-0.05, 0) is 69.0 Å². The molecule has 174 valence electrons. The van der Waals surface area contributed by atoms with Crippen LogP contribution in [0.5, 0.6) is 0 Å². The van der Waals surface area contributed by atoms with Crippen LogP contribution in [0, 0.1) is 12.8 Å². The van der Waals surface area contributed by atoms with Gasteiger partial charge in [-0.15, -0.1) is 11.3 Å². The van der Waals surface area contributed by atoms with Crippen LogP contribution in [0.3, 0.4) is 0 Å². The van der Waals surface area contributed by atoms with Gasteiger partial charge in [0.15, 0.2) is 5.65 Å². The minimum Gasteiger partial charge on any atom is -0.354 e. The summed E-state index contributed by atoms with van der Waals surface area (Å²) in [5, 5.41) is 4.34. The van der Waals surface area contributed by atoms with E-state index in [-0.39, 0.29) is 5.91 Å². The number of piperidine rings is 1. The highest BCUT2D eigenvalue weighted by Crippen LogP contribution is 2.40. The van der Waals surface area contributed by atoms with E-state index < -0.39 is 0 Å². The van der Waals surface area contributed by atoms with Gasteiger partial charge in [0.1, 0.15) is 6.33 Å². The van der Waals surface area contributed by atoms with Gasteiger partial charge < -0.3 is 14.8 Å². The Morgan fingerprint density at radius 2 is 2.15 bits per heavy atom. The first kappa shape index (κ1) is 22.1. The normalized spacial score (nSPS) is 17.2. The number of aromatic amines is 1. The van der Waals surface area contributed by atoms with E-state index in [1.807, 2.05) is 16.8 Å². The number of hydrogen-bond donors (Lipinski definition) is 1. The van der Waals surface area contributed by atoms with Gasteiger partial charge in [0, 0.05) is 31.4 Å². The average Bonchev–Trinajstić information content (AvgIpc) is 3.46. The van der Waals surface area contributed by atoms with Crippen LogP contribution >= 0.6 is 11.3 Å². The van der Waals surface area contributed by atoms with Crippen molar-refractivity contribution in [3.8, 4) is 11.3 Å². The predicted molar refractivity (Wildman–Crippen MR) is 134 cm³/mol. The molecule has 0 radical (unpaired) electrons. The highest BCUT2D eigenvalue weighted by atomic mass is 32.1. The summed E-state index contributed by atoms with van der Waals surface area (Å²) in [7, 11) is 4.21.